The Morgan fingerprint density at radius 2 is 1.79 bits per heavy atom. The number of amides is 1. The molecule has 2 aromatic carbocycles. The molecule has 24 heavy (non-hydrogen) atoms. The van der Waals surface area contributed by atoms with Crippen molar-refractivity contribution >= 4 is 40.6 Å². The van der Waals surface area contributed by atoms with Crippen LogP contribution in [0, 0.1) is 0 Å². The molecular weight excluding hydrogens is 358 g/mol. The third kappa shape index (κ3) is 4.87. The molecule has 0 saturated carbocycles. The van der Waals surface area contributed by atoms with Crippen LogP contribution in [0.4, 0.5) is 0 Å². The van der Waals surface area contributed by atoms with Gasteiger partial charge in [0.2, 0.25) is 0 Å². The van der Waals surface area contributed by atoms with Gasteiger partial charge in [0, 0.05) is 26.1 Å². The predicted octanol–water partition coefficient (Wildman–Crippen LogP) is 5.62. The van der Waals surface area contributed by atoms with Crippen LogP contribution in [0.25, 0.3) is 0 Å². The topological polar surface area (TPSA) is 29.1 Å². The van der Waals surface area contributed by atoms with Crippen LogP contribution >= 0.6 is 34.7 Å². The third-order valence-electron chi connectivity index (χ3n) is 3.44. The lowest BCUT2D eigenvalue weighted by atomic mass is 10.1. The van der Waals surface area contributed by atoms with Gasteiger partial charge in [0.05, 0.1) is 6.54 Å². The number of nitrogens with one attached hydrogen (secondary N) is 1. The highest BCUT2D eigenvalue weighted by Gasteiger charge is 2.06. The maximum absolute atomic E-state index is 12.1. The third-order valence-corrected chi connectivity index (χ3v) is 5.65. The van der Waals surface area contributed by atoms with Crippen LogP contribution in [-0.2, 0) is 12.3 Å². The Morgan fingerprint density at radius 3 is 2.46 bits per heavy atom. The van der Waals surface area contributed by atoms with Gasteiger partial charge in [-0.25, -0.2) is 0 Å². The first-order valence-electron chi connectivity index (χ1n) is 7.48. The van der Waals surface area contributed by atoms with Gasteiger partial charge in [0.15, 0.2) is 0 Å². The standard InChI is InChI=1S/C19H16ClNOS2/c20-16-7-9-17(10-8-16)24-13-14-3-5-15(6-4-14)19(22)21-12-18-2-1-11-23-18/h1-11H,12-13H2,(H,21,22). The van der Waals surface area contributed by atoms with E-state index in [4.69, 9.17) is 11.6 Å². The zero-order chi connectivity index (χ0) is 16.8. The maximum atomic E-state index is 12.1. The minimum atomic E-state index is -0.0414. The quantitative estimate of drug-likeness (QED) is 0.568. The molecule has 2 nitrogen and oxygen atoms in total. The lowest BCUT2D eigenvalue weighted by Gasteiger charge is -2.06. The largest absolute Gasteiger partial charge is 0.347 e. The Morgan fingerprint density at radius 1 is 1.04 bits per heavy atom. The minimum absolute atomic E-state index is 0.0414. The molecular formula is C19H16ClNOS2. The van der Waals surface area contributed by atoms with E-state index in [0.717, 1.165) is 15.7 Å². The van der Waals surface area contributed by atoms with E-state index in [1.807, 2.05) is 66.0 Å². The molecule has 0 aliphatic rings. The summed E-state index contributed by atoms with van der Waals surface area (Å²) in [6.45, 7) is 0.574. The first kappa shape index (κ1) is 17.1. The predicted molar refractivity (Wildman–Crippen MR) is 103 cm³/mol. The molecule has 1 N–H and O–H groups in total. The van der Waals surface area contributed by atoms with Gasteiger partial charge in [-0.2, -0.15) is 0 Å². The Hall–Kier alpha value is -1.75. The lowest BCUT2D eigenvalue weighted by molar-refractivity contribution is 0.0951. The molecule has 3 rings (SSSR count). The molecule has 0 bridgehead atoms. The van der Waals surface area contributed by atoms with Crippen LogP contribution in [-0.4, -0.2) is 5.91 Å². The van der Waals surface area contributed by atoms with E-state index in [9.17, 15) is 4.79 Å². The Bertz CT molecular complexity index is 783. The maximum Gasteiger partial charge on any atom is 0.251 e. The van der Waals surface area contributed by atoms with Crippen LogP contribution in [0.15, 0.2) is 70.9 Å². The smallest absolute Gasteiger partial charge is 0.251 e. The van der Waals surface area contributed by atoms with Crippen molar-refractivity contribution in [2.24, 2.45) is 0 Å². The lowest BCUT2D eigenvalue weighted by Crippen LogP contribution is -2.22. The Balaban J connectivity index is 1.52. The van der Waals surface area contributed by atoms with Gasteiger partial charge < -0.3 is 5.32 Å². The second kappa shape index (κ2) is 8.38. The highest BCUT2D eigenvalue weighted by molar-refractivity contribution is 7.98. The molecule has 1 amide bonds. The molecule has 1 aromatic heterocycles. The van der Waals surface area contributed by atoms with E-state index in [0.29, 0.717) is 12.1 Å². The second-order valence-electron chi connectivity index (χ2n) is 5.20. The monoisotopic (exact) mass is 373 g/mol. The molecule has 122 valence electrons. The summed E-state index contributed by atoms with van der Waals surface area (Å²) in [5, 5.41) is 5.69. The van der Waals surface area contributed by atoms with Crippen LogP contribution in [0.5, 0.6) is 0 Å². The summed E-state index contributed by atoms with van der Waals surface area (Å²) in [5.74, 6) is 0.818. The number of carbonyl (C=O) groups excluding carboxylic acids is 1. The molecule has 5 heteroatoms. The SMILES string of the molecule is O=C(NCc1cccs1)c1ccc(CSc2ccc(Cl)cc2)cc1. The van der Waals surface area contributed by atoms with Crippen molar-refractivity contribution in [2.45, 2.75) is 17.2 Å². The van der Waals surface area contributed by atoms with E-state index in [1.54, 1.807) is 23.1 Å². The van der Waals surface area contributed by atoms with Gasteiger partial charge >= 0.3 is 0 Å². The number of hydrogen-bond donors (Lipinski definition) is 1. The second-order valence-corrected chi connectivity index (χ2v) is 7.72. The first-order valence-corrected chi connectivity index (χ1v) is 9.73. The van der Waals surface area contributed by atoms with Gasteiger partial charge in [-0.3, -0.25) is 4.79 Å². The van der Waals surface area contributed by atoms with Crippen molar-refractivity contribution in [2.75, 3.05) is 0 Å². The van der Waals surface area contributed by atoms with Crippen LogP contribution < -0.4 is 5.32 Å². The summed E-state index contributed by atoms with van der Waals surface area (Å²) in [4.78, 5) is 14.5. The van der Waals surface area contributed by atoms with Crippen molar-refractivity contribution in [3.8, 4) is 0 Å². The number of benzene rings is 2. The highest BCUT2D eigenvalue weighted by atomic mass is 35.5. The number of rotatable bonds is 6. The van der Waals surface area contributed by atoms with Crippen LogP contribution in [0.2, 0.25) is 5.02 Å². The fourth-order valence-corrected chi connectivity index (χ4v) is 3.76. The molecule has 1 heterocycles. The van der Waals surface area contributed by atoms with E-state index in [-0.39, 0.29) is 5.91 Å². The van der Waals surface area contributed by atoms with Gasteiger partial charge in [-0.05, 0) is 53.4 Å². The summed E-state index contributed by atoms with van der Waals surface area (Å²) < 4.78 is 0. The number of thiophene rings is 1. The normalized spacial score (nSPS) is 10.5. The molecule has 0 aliphatic heterocycles. The zero-order valence-corrected chi connectivity index (χ0v) is 15.3. The van der Waals surface area contributed by atoms with E-state index >= 15 is 0 Å². The fourth-order valence-electron chi connectivity index (χ4n) is 2.13. The Kier molecular flexibility index (Phi) is 5.96. The zero-order valence-electron chi connectivity index (χ0n) is 12.9. The van der Waals surface area contributed by atoms with Crippen molar-refractivity contribution in [3.63, 3.8) is 0 Å². The van der Waals surface area contributed by atoms with Crippen LogP contribution in [0.3, 0.4) is 0 Å². The van der Waals surface area contributed by atoms with Gasteiger partial charge in [-0.15, -0.1) is 23.1 Å². The van der Waals surface area contributed by atoms with E-state index in [2.05, 4.69) is 5.32 Å². The minimum Gasteiger partial charge on any atom is -0.347 e. The summed E-state index contributed by atoms with van der Waals surface area (Å²) in [7, 11) is 0. The number of hydrogen-bond acceptors (Lipinski definition) is 3. The van der Waals surface area contributed by atoms with Gasteiger partial charge in [0.1, 0.15) is 0 Å². The summed E-state index contributed by atoms with van der Waals surface area (Å²) in [5.41, 5.74) is 1.87. The van der Waals surface area contributed by atoms with Crippen molar-refractivity contribution < 1.29 is 4.79 Å². The molecule has 0 fully saturated rings. The van der Waals surface area contributed by atoms with Crippen molar-refractivity contribution in [1.29, 1.82) is 0 Å². The molecule has 3 aromatic rings. The first-order chi connectivity index (χ1) is 11.7. The molecule has 0 saturated heterocycles. The summed E-state index contributed by atoms with van der Waals surface area (Å²) >= 11 is 9.28. The highest BCUT2D eigenvalue weighted by Crippen LogP contribution is 2.24. The molecule has 0 atom stereocenters. The molecule has 0 unspecified atom stereocenters. The average Bonchev–Trinajstić information content (AvgIpc) is 3.13. The van der Waals surface area contributed by atoms with Gasteiger partial charge in [-0.1, -0.05) is 29.8 Å². The Labute approximate surface area is 154 Å². The molecule has 0 spiro atoms. The van der Waals surface area contributed by atoms with E-state index < -0.39 is 0 Å². The molecule has 0 radical (unpaired) electrons. The van der Waals surface area contributed by atoms with Crippen molar-refractivity contribution in [3.05, 3.63) is 87.1 Å². The average molecular weight is 374 g/mol. The van der Waals surface area contributed by atoms with Crippen LogP contribution in [0.1, 0.15) is 20.8 Å². The van der Waals surface area contributed by atoms with E-state index in [1.165, 1.54) is 10.5 Å². The molecule has 0 aliphatic carbocycles. The van der Waals surface area contributed by atoms with Gasteiger partial charge in [0.25, 0.3) is 5.91 Å². The number of thioether (sulfide) groups is 1. The summed E-state index contributed by atoms with van der Waals surface area (Å²) in [6, 6.07) is 19.6. The number of halogens is 1. The number of carbonyl (C=O) groups is 1. The fraction of sp³-hybridized carbons (Fsp3) is 0.105. The summed E-state index contributed by atoms with van der Waals surface area (Å²) in [6.07, 6.45) is 0. The van der Waals surface area contributed by atoms with Crippen molar-refractivity contribution in [1.82, 2.24) is 5.32 Å².